The molecule has 1 unspecified atom stereocenters. The van der Waals surface area contributed by atoms with Crippen molar-refractivity contribution >= 4 is 17.8 Å². The molecular weight excluding hydrogens is 298 g/mol. The van der Waals surface area contributed by atoms with Crippen LogP contribution in [0.5, 0.6) is 0 Å². The zero-order valence-electron chi connectivity index (χ0n) is 14.1. The predicted molar refractivity (Wildman–Crippen MR) is 84.2 cm³/mol. The van der Waals surface area contributed by atoms with Crippen molar-refractivity contribution in [3.8, 4) is 0 Å². The van der Waals surface area contributed by atoms with Crippen LogP contribution in [0.2, 0.25) is 0 Å². The maximum atomic E-state index is 12.2. The minimum Gasteiger partial charge on any atom is -0.467 e. The smallest absolute Gasteiger partial charge is 0.328 e. The van der Waals surface area contributed by atoms with E-state index in [0.717, 1.165) is 12.8 Å². The lowest BCUT2D eigenvalue weighted by molar-refractivity contribution is -0.146. The Kier molecular flexibility index (Phi) is 5.29. The van der Waals surface area contributed by atoms with Crippen LogP contribution in [0.1, 0.15) is 46.0 Å². The summed E-state index contributed by atoms with van der Waals surface area (Å²) < 4.78 is 4.76. The number of nitrogens with two attached hydrogens (primary N) is 1. The van der Waals surface area contributed by atoms with Gasteiger partial charge in [-0.05, 0) is 39.0 Å². The van der Waals surface area contributed by atoms with Crippen LogP contribution >= 0.6 is 0 Å². The number of rotatable bonds is 7. The molecule has 23 heavy (non-hydrogen) atoms. The number of amides is 2. The molecule has 4 N–H and O–H groups in total. The second-order valence-corrected chi connectivity index (χ2v) is 7.38. The molecule has 1 aliphatic heterocycles. The van der Waals surface area contributed by atoms with E-state index >= 15 is 0 Å². The molecule has 1 saturated carbocycles. The maximum Gasteiger partial charge on any atom is 0.328 e. The summed E-state index contributed by atoms with van der Waals surface area (Å²) in [7, 11) is 1.27. The second kappa shape index (κ2) is 6.86. The molecule has 2 fully saturated rings. The fourth-order valence-corrected chi connectivity index (χ4v) is 3.12. The second-order valence-electron chi connectivity index (χ2n) is 7.38. The third-order valence-electron chi connectivity index (χ3n) is 4.53. The van der Waals surface area contributed by atoms with Crippen molar-refractivity contribution < 1.29 is 19.1 Å². The lowest BCUT2D eigenvalue weighted by atomic mass is 9.91. The molecule has 0 aromatic rings. The molecule has 0 bridgehead atoms. The van der Waals surface area contributed by atoms with Gasteiger partial charge in [0.15, 0.2) is 0 Å². The number of nitrogens with one attached hydrogen (secondary N) is 2. The average Bonchev–Trinajstić information content (AvgIpc) is 3.23. The van der Waals surface area contributed by atoms with Gasteiger partial charge < -0.3 is 21.1 Å². The van der Waals surface area contributed by atoms with Crippen molar-refractivity contribution in [2.45, 2.75) is 63.6 Å². The van der Waals surface area contributed by atoms with E-state index in [1.165, 1.54) is 7.11 Å². The van der Waals surface area contributed by atoms with Gasteiger partial charge in [-0.2, -0.15) is 0 Å². The summed E-state index contributed by atoms with van der Waals surface area (Å²) in [6.45, 7) is 3.87. The third kappa shape index (κ3) is 4.92. The lowest BCUT2D eigenvalue weighted by Gasteiger charge is -2.21. The molecule has 130 valence electrons. The summed E-state index contributed by atoms with van der Waals surface area (Å²) in [5.74, 6) is -0.803. The molecule has 0 radical (unpaired) electrons. The van der Waals surface area contributed by atoms with Crippen LogP contribution in [0.3, 0.4) is 0 Å². The van der Waals surface area contributed by atoms with Crippen molar-refractivity contribution in [1.29, 1.82) is 0 Å². The van der Waals surface area contributed by atoms with Crippen LogP contribution in [-0.4, -0.2) is 42.5 Å². The SMILES string of the molecule is COC(=O)[C@H](CC1CC(C)(C)NC1=O)NC(=O)[C@@H](N)CC1CC1. The van der Waals surface area contributed by atoms with Crippen molar-refractivity contribution in [2.75, 3.05) is 7.11 Å². The Hall–Kier alpha value is -1.63. The van der Waals surface area contributed by atoms with Gasteiger partial charge in [-0.3, -0.25) is 9.59 Å². The summed E-state index contributed by atoms with van der Waals surface area (Å²) in [6, 6.07) is -1.47. The quantitative estimate of drug-likeness (QED) is 0.574. The Labute approximate surface area is 136 Å². The highest BCUT2D eigenvalue weighted by atomic mass is 16.5. The van der Waals surface area contributed by atoms with E-state index in [9.17, 15) is 14.4 Å². The van der Waals surface area contributed by atoms with Crippen LogP contribution in [0.15, 0.2) is 0 Å². The minimum atomic E-state index is -0.845. The molecule has 0 spiro atoms. The van der Waals surface area contributed by atoms with E-state index in [2.05, 4.69) is 10.6 Å². The largest absolute Gasteiger partial charge is 0.467 e. The first-order valence-electron chi connectivity index (χ1n) is 8.17. The highest BCUT2D eigenvalue weighted by Crippen LogP contribution is 2.33. The third-order valence-corrected chi connectivity index (χ3v) is 4.53. The number of ether oxygens (including phenoxy) is 1. The molecule has 7 nitrogen and oxygen atoms in total. The normalized spacial score (nSPS) is 25.4. The van der Waals surface area contributed by atoms with Crippen LogP contribution in [-0.2, 0) is 19.1 Å². The molecule has 1 heterocycles. The molecule has 0 aromatic heterocycles. The van der Waals surface area contributed by atoms with Crippen LogP contribution in [0, 0.1) is 11.8 Å². The summed E-state index contributed by atoms with van der Waals surface area (Å²) in [4.78, 5) is 36.1. The van der Waals surface area contributed by atoms with E-state index in [1.54, 1.807) is 0 Å². The van der Waals surface area contributed by atoms with Crippen molar-refractivity contribution in [1.82, 2.24) is 10.6 Å². The van der Waals surface area contributed by atoms with E-state index in [4.69, 9.17) is 10.5 Å². The van der Waals surface area contributed by atoms with Crippen molar-refractivity contribution in [3.05, 3.63) is 0 Å². The summed E-state index contributed by atoms with van der Waals surface area (Å²) >= 11 is 0. The lowest BCUT2D eigenvalue weighted by Crippen LogP contribution is -2.49. The van der Waals surface area contributed by atoms with Gasteiger partial charge in [-0.1, -0.05) is 12.8 Å². The van der Waals surface area contributed by atoms with Gasteiger partial charge in [-0.25, -0.2) is 4.79 Å². The molecule has 0 aromatic carbocycles. The molecule has 2 aliphatic rings. The van der Waals surface area contributed by atoms with Crippen molar-refractivity contribution in [3.63, 3.8) is 0 Å². The van der Waals surface area contributed by atoms with Crippen molar-refractivity contribution in [2.24, 2.45) is 17.6 Å². The predicted octanol–water partition coefficient (Wildman–Crippen LogP) is 0.0764. The molecular formula is C16H27N3O4. The van der Waals surface area contributed by atoms with E-state index < -0.39 is 18.1 Å². The van der Waals surface area contributed by atoms with Gasteiger partial charge in [0.2, 0.25) is 11.8 Å². The first kappa shape index (κ1) is 17.7. The Morgan fingerprint density at radius 1 is 1.39 bits per heavy atom. The Morgan fingerprint density at radius 3 is 2.52 bits per heavy atom. The first-order chi connectivity index (χ1) is 10.7. The summed E-state index contributed by atoms with van der Waals surface area (Å²) in [5.41, 5.74) is 5.59. The summed E-state index contributed by atoms with van der Waals surface area (Å²) in [5, 5.41) is 5.54. The number of methoxy groups -OCH3 is 1. The van der Waals surface area contributed by atoms with Gasteiger partial charge in [0.05, 0.1) is 13.2 Å². The zero-order chi connectivity index (χ0) is 17.2. The average molecular weight is 325 g/mol. The molecule has 2 amide bonds. The van der Waals surface area contributed by atoms with Crippen LogP contribution in [0.25, 0.3) is 0 Å². The van der Waals surface area contributed by atoms with Gasteiger partial charge in [-0.15, -0.1) is 0 Å². The number of hydrogen-bond acceptors (Lipinski definition) is 5. The monoisotopic (exact) mass is 325 g/mol. The fourth-order valence-electron chi connectivity index (χ4n) is 3.12. The first-order valence-corrected chi connectivity index (χ1v) is 8.17. The number of hydrogen-bond donors (Lipinski definition) is 3. The van der Waals surface area contributed by atoms with Gasteiger partial charge in [0.25, 0.3) is 0 Å². The zero-order valence-corrected chi connectivity index (χ0v) is 14.1. The summed E-state index contributed by atoms with van der Waals surface area (Å²) in [6.07, 6.45) is 3.70. The minimum absolute atomic E-state index is 0.0968. The molecule has 1 aliphatic carbocycles. The van der Waals surface area contributed by atoms with Gasteiger partial charge >= 0.3 is 5.97 Å². The standard InChI is InChI=1S/C16H27N3O4/c1-16(2)8-10(13(20)19-16)7-12(15(22)23-3)18-14(21)11(17)6-9-4-5-9/h9-12H,4-8,17H2,1-3H3,(H,18,21)(H,19,20)/t10?,11-,12-/m0/s1. The topological polar surface area (TPSA) is 111 Å². The maximum absolute atomic E-state index is 12.2. The van der Waals surface area contributed by atoms with Gasteiger partial charge in [0, 0.05) is 11.5 Å². The molecule has 2 rings (SSSR count). The fraction of sp³-hybridized carbons (Fsp3) is 0.812. The van der Waals surface area contributed by atoms with Gasteiger partial charge in [0.1, 0.15) is 6.04 Å². The number of esters is 1. The number of carbonyl (C=O) groups excluding carboxylic acids is 3. The Morgan fingerprint density at radius 2 is 2.04 bits per heavy atom. The van der Waals surface area contributed by atoms with Crippen LogP contribution in [0.4, 0.5) is 0 Å². The van der Waals surface area contributed by atoms with E-state index in [1.807, 2.05) is 13.8 Å². The molecule has 3 atom stereocenters. The molecule has 7 heteroatoms. The molecule has 1 saturated heterocycles. The van der Waals surface area contributed by atoms with E-state index in [-0.39, 0.29) is 29.7 Å². The Bertz CT molecular complexity index is 488. The number of carbonyl (C=O) groups is 3. The Balaban J connectivity index is 1.95. The highest BCUT2D eigenvalue weighted by molar-refractivity contribution is 5.88. The highest BCUT2D eigenvalue weighted by Gasteiger charge is 2.40. The van der Waals surface area contributed by atoms with Crippen LogP contribution < -0.4 is 16.4 Å². The van der Waals surface area contributed by atoms with E-state index in [0.29, 0.717) is 18.8 Å².